The molecule has 3 saturated carbocycles. The van der Waals surface area contributed by atoms with E-state index in [9.17, 15) is 4.79 Å². The Hall–Kier alpha value is -1.90. The van der Waals surface area contributed by atoms with Gasteiger partial charge < -0.3 is 5.32 Å². The van der Waals surface area contributed by atoms with Crippen LogP contribution in [0.15, 0.2) is 36.4 Å². The van der Waals surface area contributed by atoms with E-state index in [1.165, 1.54) is 19.3 Å². The minimum absolute atomic E-state index is 0.0463. The largest absolute Gasteiger partial charge is 0.350 e. The first-order chi connectivity index (χ1) is 11.1. The zero-order valence-corrected chi connectivity index (χ0v) is 13.9. The summed E-state index contributed by atoms with van der Waals surface area (Å²) in [6, 6.07) is 11.7. The number of hydrogen-bond acceptors (Lipinski definition) is 2. The lowest BCUT2D eigenvalue weighted by Crippen LogP contribution is -2.54. The topological polar surface area (TPSA) is 42.0 Å². The van der Waals surface area contributed by atoms with Crippen LogP contribution in [0, 0.1) is 23.2 Å². The molecule has 0 unspecified atom stereocenters. The van der Waals surface area contributed by atoms with Gasteiger partial charge in [-0.15, -0.1) is 0 Å². The third-order valence-electron chi connectivity index (χ3n) is 6.36. The van der Waals surface area contributed by atoms with Gasteiger partial charge in [0.05, 0.1) is 5.52 Å². The molecule has 120 valence electrons. The summed E-state index contributed by atoms with van der Waals surface area (Å²) in [4.78, 5) is 16.9. The molecule has 3 aliphatic carbocycles. The number of nitrogens with one attached hydrogen (secondary N) is 1. The molecular weight excluding hydrogens is 284 g/mol. The number of pyridine rings is 1. The number of fused-ring (bicyclic) bond motifs is 3. The van der Waals surface area contributed by atoms with Gasteiger partial charge in [0.2, 0.25) is 0 Å². The number of aromatic nitrogens is 1. The molecule has 3 aliphatic rings. The number of amides is 1. The van der Waals surface area contributed by atoms with Crippen molar-refractivity contribution in [3.8, 4) is 0 Å². The van der Waals surface area contributed by atoms with E-state index in [1.54, 1.807) is 0 Å². The van der Waals surface area contributed by atoms with Crippen molar-refractivity contribution >= 4 is 16.8 Å². The van der Waals surface area contributed by atoms with Crippen LogP contribution < -0.4 is 5.32 Å². The summed E-state index contributed by atoms with van der Waals surface area (Å²) in [6.07, 6.45) is 3.92. The number of hydrogen-bond donors (Lipinski definition) is 1. The lowest BCUT2D eigenvalue weighted by molar-refractivity contribution is -0.103. The van der Waals surface area contributed by atoms with Gasteiger partial charge in [0.15, 0.2) is 0 Å². The lowest BCUT2D eigenvalue weighted by Gasteiger charge is -2.60. The summed E-state index contributed by atoms with van der Waals surface area (Å²) in [5.74, 6) is 2.25. The Kier molecular flexibility index (Phi) is 3.40. The SMILES string of the molecule is CC1(C)[C@H]2CC[C@@H](CNC(=O)c3ccc4ccccc4n3)[C@@H]1C2. The summed E-state index contributed by atoms with van der Waals surface area (Å²) in [7, 11) is 0. The molecule has 3 fully saturated rings. The Bertz CT molecular complexity index is 750. The summed E-state index contributed by atoms with van der Waals surface area (Å²) >= 11 is 0. The van der Waals surface area contributed by atoms with Crippen LogP contribution in [-0.4, -0.2) is 17.4 Å². The Morgan fingerprint density at radius 3 is 2.83 bits per heavy atom. The highest BCUT2D eigenvalue weighted by Crippen LogP contribution is 2.61. The van der Waals surface area contributed by atoms with Crippen LogP contribution in [0.5, 0.6) is 0 Å². The Labute approximate surface area is 137 Å². The van der Waals surface area contributed by atoms with E-state index in [4.69, 9.17) is 0 Å². The number of para-hydroxylation sites is 1. The first-order valence-electron chi connectivity index (χ1n) is 8.69. The van der Waals surface area contributed by atoms with Crippen molar-refractivity contribution in [2.45, 2.75) is 33.1 Å². The molecule has 1 aromatic carbocycles. The smallest absolute Gasteiger partial charge is 0.269 e. The fourth-order valence-electron chi connectivity index (χ4n) is 4.71. The Morgan fingerprint density at radius 2 is 2.04 bits per heavy atom. The molecule has 1 aromatic heterocycles. The van der Waals surface area contributed by atoms with Crippen LogP contribution >= 0.6 is 0 Å². The van der Waals surface area contributed by atoms with E-state index in [0.29, 0.717) is 17.0 Å². The summed E-state index contributed by atoms with van der Waals surface area (Å²) in [5, 5.41) is 4.19. The summed E-state index contributed by atoms with van der Waals surface area (Å²) < 4.78 is 0. The number of carbonyl (C=O) groups excluding carboxylic acids is 1. The van der Waals surface area contributed by atoms with Crippen molar-refractivity contribution in [3.05, 3.63) is 42.1 Å². The van der Waals surface area contributed by atoms with E-state index in [-0.39, 0.29) is 5.91 Å². The van der Waals surface area contributed by atoms with Gasteiger partial charge in [-0.1, -0.05) is 38.1 Å². The number of carbonyl (C=O) groups is 1. The molecule has 2 bridgehead atoms. The Morgan fingerprint density at radius 1 is 1.22 bits per heavy atom. The molecule has 1 heterocycles. The van der Waals surface area contributed by atoms with Crippen molar-refractivity contribution < 1.29 is 4.79 Å². The fourth-order valence-corrected chi connectivity index (χ4v) is 4.71. The van der Waals surface area contributed by atoms with Gasteiger partial charge in [-0.25, -0.2) is 4.98 Å². The molecule has 3 nitrogen and oxygen atoms in total. The molecule has 5 rings (SSSR count). The maximum atomic E-state index is 12.4. The van der Waals surface area contributed by atoms with Gasteiger partial charge in [0.25, 0.3) is 5.91 Å². The van der Waals surface area contributed by atoms with Crippen LogP contribution in [0.2, 0.25) is 0 Å². The van der Waals surface area contributed by atoms with Crippen molar-refractivity contribution in [2.75, 3.05) is 6.54 Å². The minimum Gasteiger partial charge on any atom is -0.350 e. The molecule has 0 saturated heterocycles. The first-order valence-corrected chi connectivity index (χ1v) is 8.69. The monoisotopic (exact) mass is 308 g/mol. The maximum absolute atomic E-state index is 12.4. The molecule has 2 aromatic rings. The second-order valence-corrected chi connectivity index (χ2v) is 7.80. The van der Waals surface area contributed by atoms with Crippen molar-refractivity contribution in [1.29, 1.82) is 0 Å². The van der Waals surface area contributed by atoms with Gasteiger partial charge in [-0.3, -0.25) is 4.79 Å². The van der Waals surface area contributed by atoms with Crippen LogP contribution in [0.25, 0.3) is 10.9 Å². The van der Waals surface area contributed by atoms with E-state index in [0.717, 1.165) is 29.3 Å². The number of benzene rings is 1. The van der Waals surface area contributed by atoms with Crippen LogP contribution in [-0.2, 0) is 0 Å². The maximum Gasteiger partial charge on any atom is 0.269 e. The van der Waals surface area contributed by atoms with Crippen molar-refractivity contribution in [1.82, 2.24) is 10.3 Å². The molecule has 1 N–H and O–H groups in total. The van der Waals surface area contributed by atoms with Crippen molar-refractivity contribution in [2.24, 2.45) is 23.2 Å². The molecular formula is C20H24N2O. The zero-order chi connectivity index (χ0) is 16.0. The highest BCUT2D eigenvalue weighted by molar-refractivity contribution is 5.94. The van der Waals surface area contributed by atoms with Gasteiger partial charge in [-0.05, 0) is 54.6 Å². The Balaban J connectivity index is 1.43. The molecule has 3 atom stereocenters. The lowest BCUT2D eigenvalue weighted by atomic mass is 9.45. The van der Waals surface area contributed by atoms with E-state index in [2.05, 4.69) is 24.1 Å². The average Bonchev–Trinajstić information content (AvgIpc) is 2.59. The molecule has 0 radical (unpaired) electrons. The van der Waals surface area contributed by atoms with Gasteiger partial charge in [0, 0.05) is 11.9 Å². The molecule has 0 spiro atoms. The fraction of sp³-hybridized carbons (Fsp3) is 0.500. The van der Waals surface area contributed by atoms with Gasteiger partial charge in [0.1, 0.15) is 5.69 Å². The molecule has 3 heteroatoms. The zero-order valence-electron chi connectivity index (χ0n) is 13.9. The minimum atomic E-state index is -0.0463. The predicted molar refractivity (Wildman–Crippen MR) is 92.2 cm³/mol. The van der Waals surface area contributed by atoms with Crippen LogP contribution in [0.1, 0.15) is 43.6 Å². The third-order valence-corrected chi connectivity index (χ3v) is 6.36. The van der Waals surface area contributed by atoms with E-state index < -0.39 is 0 Å². The van der Waals surface area contributed by atoms with Crippen LogP contribution in [0.3, 0.4) is 0 Å². The first kappa shape index (κ1) is 14.7. The second-order valence-electron chi connectivity index (χ2n) is 7.80. The predicted octanol–water partition coefficient (Wildman–Crippen LogP) is 4.04. The standard InChI is InChI=1S/C20H24N2O/c1-20(2)15-9-7-14(16(20)11-15)12-21-19(23)18-10-8-13-5-3-4-6-17(13)22-18/h3-6,8,10,14-16H,7,9,11-12H2,1-2H3,(H,21,23)/t14-,15-,16-/m0/s1. The van der Waals surface area contributed by atoms with Crippen LogP contribution in [0.4, 0.5) is 0 Å². The van der Waals surface area contributed by atoms with Gasteiger partial charge >= 0.3 is 0 Å². The summed E-state index contributed by atoms with van der Waals surface area (Å²) in [6.45, 7) is 5.57. The van der Waals surface area contributed by atoms with Crippen molar-refractivity contribution in [3.63, 3.8) is 0 Å². The quantitative estimate of drug-likeness (QED) is 0.930. The normalized spacial score (nSPS) is 28.2. The molecule has 0 aliphatic heterocycles. The van der Waals surface area contributed by atoms with Gasteiger partial charge in [-0.2, -0.15) is 0 Å². The number of nitrogens with zero attached hydrogens (tertiary/aromatic N) is 1. The summed E-state index contributed by atoms with van der Waals surface area (Å²) in [5.41, 5.74) is 1.86. The number of rotatable bonds is 3. The average molecular weight is 308 g/mol. The molecule has 1 amide bonds. The van der Waals surface area contributed by atoms with E-state index >= 15 is 0 Å². The van der Waals surface area contributed by atoms with E-state index in [1.807, 2.05) is 36.4 Å². The highest BCUT2D eigenvalue weighted by atomic mass is 16.1. The molecule has 23 heavy (non-hydrogen) atoms. The third kappa shape index (κ3) is 2.43. The second kappa shape index (κ2) is 5.33. The highest BCUT2D eigenvalue weighted by Gasteiger charge is 2.53.